The lowest BCUT2D eigenvalue weighted by Gasteiger charge is -2.47. The van der Waals surface area contributed by atoms with E-state index in [-0.39, 0.29) is 12.2 Å². The molecule has 0 unspecified atom stereocenters. The van der Waals surface area contributed by atoms with Crippen molar-refractivity contribution >= 4 is 23.9 Å². The number of nitrogens with zero attached hydrogens (tertiary/aromatic N) is 1. The minimum absolute atomic E-state index is 0.244. The number of hydrogen-bond donors (Lipinski definition) is 2. The van der Waals surface area contributed by atoms with Crippen LogP contribution in [0.15, 0.2) is 84.9 Å². The average Bonchev–Trinajstić information content (AvgIpc) is 2.97. The highest BCUT2D eigenvalue weighted by atomic mass is 16.6. The molecule has 2 amide bonds. The molecule has 39 heavy (non-hydrogen) atoms. The molecular formula is C32H35N3O4. The number of benzene rings is 3. The number of alkyl carbamates (subject to hydrolysis) is 1. The highest BCUT2D eigenvalue weighted by Crippen LogP contribution is 2.36. The summed E-state index contributed by atoms with van der Waals surface area (Å²) in [6.45, 7) is 3.67. The third kappa shape index (κ3) is 7.27. The van der Waals surface area contributed by atoms with Crippen molar-refractivity contribution < 1.29 is 19.1 Å². The minimum Gasteiger partial charge on any atom is -0.445 e. The van der Waals surface area contributed by atoms with Gasteiger partial charge in [-0.15, -0.1) is 0 Å². The number of piperidine rings is 3. The van der Waals surface area contributed by atoms with Crippen LogP contribution in [0.1, 0.15) is 36.8 Å². The molecular weight excluding hydrogens is 490 g/mol. The first kappa shape index (κ1) is 26.5. The fourth-order valence-electron chi connectivity index (χ4n) is 5.17. The standard InChI is InChI=1S/C32H35N3O4/c36-30(38-24-26-10-3-1-4-11-26)33-19-8-7-9-25-14-15-28(27-12-5-2-6-13-27)29(23-25)34-31(37)39-32-16-20-35(21-17-32)22-18-32/h1-7,9-15,23H,8,16-22,24H2,(H,33,36)(H,34,37)/b9-7+. The van der Waals surface area contributed by atoms with Crippen LogP contribution in [0.5, 0.6) is 0 Å². The number of nitrogens with one attached hydrogen (secondary N) is 2. The lowest BCUT2D eigenvalue weighted by molar-refractivity contribution is -0.0742. The van der Waals surface area contributed by atoms with Crippen LogP contribution >= 0.6 is 0 Å². The van der Waals surface area contributed by atoms with E-state index in [1.807, 2.05) is 91.0 Å². The van der Waals surface area contributed by atoms with E-state index in [1.54, 1.807) is 0 Å². The first-order valence-corrected chi connectivity index (χ1v) is 13.6. The van der Waals surface area contributed by atoms with Crippen molar-refractivity contribution in [3.05, 3.63) is 96.1 Å². The summed E-state index contributed by atoms with van der Waals surface area (Å²) >= 11 is 0. The SMILES string of the molecule is O=C(NCC/C=C/c1ccc(-c2ccccc2)c(NC(=O)OC23CCN(CC2)CC3)c1)OCc1ccccc1. The number of carbonyl (C=O) groups excluding carboxylic acids is 2. The van der Waals surface area contributed by atoms with Gasteiger partial charge < -0.3 is 19.7 Å². The summed E-state index contributed by atoms with van der Waals surface area (Å²) in [7, 11) is 0. The smallest absolute Gasteiger partial charge is 0.412 e. The summed E-state index contributed by atoms with van der Waals surface area (Å²) in [5, 5.41) is 5.80. The average molecular weight is 526 g/mol. The maximum atomic E-state index is 13.0. The molecule has 3 aliphatic rings. The maximum Gasteiger partial charge on any atom is 0.412 e. The van der Waals surface area contributed by atoms with E-state index in [0.29, 0.717) is 18.7 Å². The van der Waals surface area contributed by atoms with Crippen LogP contribution in [-0.2, 0) is 16.1 Å². The van der Waals surface area contributed by atoms with Crippen molar-refractivity contribution in [2.45, 2.75) is 37.9 Å². The molecule has 3 aromatic rings. The molecule has 0 atom stereocenters. The molecule has 3 heterocycles. The minimum atomic E-state index is -0.437. The Balaban J connectivity index is 1.18. The summed E-state index contributed by atoms with van der Waals surface area (Å²) in [5.74, 6) is 0. The molecule has 3 aromatic carbocycles. The van der Waals surface area contributed by atoms with Crippen molar-refractivity contribution in [1.29, 1.82) is 0 Å². The van der Waals surface area contributed by atoms with Crippen LogP contribution in [0.25, 0.3) is 17.2 Å². The fourth-order valence-corrected chi connectivity index (χ4v) is 5.17. The number of anilines is 1. The van der Waals surface area contributed by atoms with E-state index in [1.165, 1.54) is 0 Å². The number of hydrogen-bond acceptors (Lipinski definition) is 5. The lowest BCUT2D eigenvalue weighted by Crippen LogP contribution is -2.54. The van der Waals surface area contributed by atoms with Gasteiger partial charge in [0, 0.05) is 51.0 Å². The monoisotopic (exact) mass is 525 g/mol. The summed E-state index contributed by atoms with van der Waals surface area (Å²) in [5.41, 5.74) is 4.21. The summed E-state index contributed by atoms with van der Waals surface area (Å²) in [6.07, 6.45) is 6.46. The first-order valence-electron chi connectivity index (χ1n) is 13.6. The van der Waals surface area contributed by atoms with Gasteiger partial charge >= 0.3 is 12.2 Å². The van der Waals surface area contributed by atoms with Gasteiger partial charge in [-0.3, -0.25) is 5.32 Å². The molecule has 0 saturated carbocycles. The van der Waals surface area contributed by atoms with Gasteiger partial charge in [-0.25, -0.2) is 9.59 Å². The van der Waals surface area contributed by atoms with Crippen LogP contribution < -0.4 is 10.6 Å². The summed E-state index contributed by atoms with van der Waals surface area (Å²) in [6, 6.07) is 25.6. The highest BCUT2D eigenvalue weighted by Gasteiger charge is 2.42. The van der Waals surface area contributed by atoms with Crippen LogP contribution in [0.4, 0.5) is 15.3 Å². The van der Waals surface area contributed by atoms with Crippen molar-refractivity contribution in [3.8, 4) is 11.1 Å². The molecule has 2 bridgehead atoms. The van der Waals surface area contributed by atoms with Gasteiger partial charge in [0.25, 0.3) is 0 Å². The van der Waals surface area contributed by atoms with Crippen molar-refractivity contribution in [3.63, 3.8) is 0 Å². The number of fused-ring (bicyclic) bond motifs is 3. The Bertz CT molecular complexity index is 1270. The highest BCUT2D eigenvalue weighted by molar-refractivity contribution is 5.92. The third-order valence-electron chi connectivity index (χ3n) is 7.43. The van der Waals surface area contributed by atoms with Crippen molar-refractivity contribution in [1.82, 2.24) is 10.2 Å². The Morgan fingerprint density at radius 1 is 0.872 bits per heavy atom. The lowest BCUT2D eigenvalue weighted by atomic mass is 9.83. The van der Waals surface area contributed by atoms with Crippen LogP contribution in [-0.4, -0.2) is 48.9 Å². The molecule has 3 fully saturated rings. The van der Waals surface area contributed by atoms with Crippen molar-refractivity contribution in [2.75, 3.05) is 31.5 Å². The predicted molar refractivity (Wildman–Crippen MR) is 153 cm³/mol. The number of rotatable bonds is 9. The summed E-state index contributed by atoms with van der Waals surface area (Å²) < 4.78 is 11.3. The Morgan fingerprint density at radius 2 is 1.56 bits per heavy atom. The van der Waals surface area contributed by atoms with E-state index in [2.05, 4.69) is 15.5 Å². The van der Waals surface area contributed by atoms with E-state index >= 15 is 0 Å². The molecule has 7 heteroatoms. The Morgan fingerprint density at radius 3 is 2.28 bits per heavy atom. The Labute approximate surface area is 229 Å². The van der Waals surface area contributed by atoms with E-state index in [9.17, 15) is 9.59 Å². The molecule has 2 N–H and O–H groups in total. The van der Waals surface area contributed by atoms with Crippen LogP contribution in [0.3, 0.4) is 0 Å². The van der Waals surface area contributed by atoms with Gasteiger partial charge in [0.2, 0.25) is 0 Å². The first-order chi connectivity index (χ1) is 19.1. The third-order valence-corrected chi connectivity index (χ3v) is 7.43. The normalized spacial score (nSPS) is 19.9. The molecule has 3 aliphatic heterocycles. The number of carbonyl (C=O) groups is 2. The van der Waals surface area contributed by atoms with Crippen LogP contribution in [0.2, 0.25) is 0 Å². The van der Waals surface area contributed by atoms with Gasteiger partial charge in [-0.05, 0) is 29.2 Å². The van der Waals surface area contributed by atoms with E-state index in [0.717, 1.165) is 61.2 Å². The second-order valence-corrected chi connectivity index (χ2v) is 10.1. The Hall–Kier alpha value is -4.10. The molecule has 7 nitrogen and oxygen atoms in total. The second-order valence-electron chi connectivity index (χ2n) is 10.1. The zero-order valence-corrected chi connectivity index (χ0v) is 22.1. The van der Waals surface area contributed by atoms with E-state index < -0.39 is 12.2 Å². The molecule has 0 aromatic heterocycles. The number of ether oxygens (including phenoxy) is 2. The molecule has 202 valence electrons. The van der Waals surface area contributed by atoms with Gasteiger partial charge in [0.05, 0.1) is 5.69 Å². The molecule has 6 rings (SSSR count). The summed E-state index contributed by atoms with van der Waals surface area (Å²) in [4.78, 5) is 27.4. The zero-order chi connectivity index (χ0) is 26.9. The second kappa shape index (κ2) is 12.6. The van der Waals surface area contributed by atoms with Gasteiger partial charge in [0.15, 0.2) is 0 Å². The maximum absolute atomic E-state index is 13.0. The number of amides is 2. The fraction of sp³-hybridized carbons (Fsp3) is 0.312. The largest absolute Gasteiger partial charge is 0.445 e. The molecule has 0 spiro atoms. The van der Waals surface area contributed by atoms with Gasteiger partial charge in [0.1, 0.15) is 12.2 Å². The predicted octanol–water partition coefficient (Wildman–Crippen LogP) is 6.47. The zero-order valence-electron chi connectivity index (χ0n) is 22.1. The van der Waals surface area contributed by atoms with Gasteiger partial charge in [-0.2, -0.15) is 0 Å². The molecule has 0 aliphatic carbocycles. The van der Waals surface area contributed by atoms with Crippen LogP contribution in [0, 0.1) is 0 Å². The van der Waals surface area contributed by atoms with E-state index in [4.69, 9.17) is 9.47 Å². The Kier molecular flexibility index (Phi) is 8.58. The van der Waals surface area contributed by atoms with Gasteiger partial charge in [-0.1, -0.05) is 84.9 Å². The molecule has 0 radical (unpaired) electrons. The van der Waals surface area contributed by atoms with Crippen molar-refractivity contribution in [2.24, 2.45) is 0 Å². The topological polar surface area (TPSA) is 79.9 Å². The quantitative estimate of drug-likeness (QED) is 0.313. The molecule has 3 saturated heterocycles.